The first-order valence-corrected chi connectivity index (χ1v) is 9.46. The number of rotatable bonds is 3. The van der Waals surface area contributed by atoms with Crippen molar-refractivity contribution in [3.63, 3.8) is 0 Å². The van der Waals surface area contributed by atoms with Crippen LogP contribution in [0.2, 0.25) is 5.02 Å². The zero-order chi connectivity index (χ0) is 17.9. The predicted octanol–water partition coefficient (Wildman–Crippen LogP) is 2.52. The highest BCUT2D eigenvalue weighted by atomic mass is 35.5. The molecule has 26 heavy (non-hydrogen) atoms. The lowest BCUT2D eigenvalue weighted by molar-refractivity contribution is 0.0628. The first-order valence-electron chi connectivity index (χ1n) is 9.08. The Morgan fingerprint density at radius 2 is 1.96 bits per heavy atom. The quantitative estimate of drug-likeness (QED) is 0.898. The second kappa shape index (κ2) is 7.60. The molecule has 2 aliphatic heterocycles. The van der Waals surface area contributed by atoms with E-state index in [0.29, 0.717) is 29.8 Å². The molecule has 1 amide bonds. The maximum absolute atomic E-state index is 13.2. The smallest absolute Gasteiger partial charge is 0.273 e. The number of carbonyl (C=O) groups excluding carboxylic acids is 1. The fourth-order valence-electron chi connectivity index (χ4n) is 3.65. The number of amides is 1. The minimum absolute atomic E-state index is 0.0701. The van der Waals surface area contributed by atoms with E-state index in [0.717, 1.165) is 38.0 Å². The number of nitrogens with one attached hydrogen (secondary N) is 1. The summed E-state index contributed by atoms with van der Waals surface area (Å²) in [5.74, 6) is 0.581. The van der Waals surface area contributed by atoms with Crippen LogP contribution < -0.4 is 10.2 Å². The van der Waals surface area contributed by atoms with Crippen LogP contribution in [-0.2, 0) is 0 Å². The van der Waals surface area contributed by atoms with Gasteiger partial charge in [-0.3, -0.25) is 4.79 Å². The van der Waals surface area contributed by atoms with E-state index < -0.39 is 0 Å². The lowest BCUT2D eigenvalue weighted by Gasteiger charge is -2.36. The molecule has 6 nitrogen and oxygen atoms in total. The molecule has 4 rings (SSSR count). The van der Waals surface area contributed by atoms with E-state index in [9.17, 15) is 4.79 Å². The largest absolute Gasteiger partial charge is 0.341 e. The van der Waals surface area contributed by atoms with Crippen molar-refractivity contribution in [2.24, 2.45) is 0 Å². The highest BCUT2D eigenvalue weighted by molar-refractivity contribution is 6.31. The Labute approximate surface area is 158 Å². The zero-order valence-electron chi connectivity index (χ0n) is 14.6. The van der Waals surface area contributed by atoms with Gasteiger partial charge in [0.2, 0.25) is 5.95 Å². The molecule has 1 unspecified atom stereocenters. The minimum atomic E-state index is -0.102. The van der Waals surface area contributed by atoms with Crippen molar-refractivity contribution in [3.8, 4) is 0 Å². The number of halogens is 1. The van der Waals surface area contributed by atoms with E-state index >= 15 is 0 Å². The first-order chi connectivity index (χ1) is 12.7. The first kappa shape index (κ1) is 17.2. The zero-order valence-corrected chi connectivity index (χ0v) is 15.3. The van der Waals surface area contributed by atoms with Crippen LogP contribution in [-0.4, -0.2) is 53.5 Å². The topological polar surface area (TPSA) is 61.4 Å². The summed E-state index contributed by atoms with van der Waals surface area (Å²) in [5.41, 5.74) is 1.41. The maximum Gasteiger partial charge on any atom is 0.273 e. The lowest BCUT2D eigenvalue weighted by atomic mass is 10.0. The molecule has 136 valence electrons. The number of aromatic nitrogens is 2. The minimum Gasteiger partial charge on any atom is -0.341 e. The molecule has 2 saturated heterocycles. The molecule has 0 saturated carbocycles. The SMILES string of the molecule is O=C(c1ccnc(N2CCCC2)n1)N1CCNCC1c1ccccc1Cl. The highest BCUT2D eigenvalue weighted by Crippen LogP contribution is 2.29. The molecule has 2 aromatic rings. The molecule has 0 spiro atoms. The third kappa shape index (κ3) is 3.39. The van der Waals surface area contributed by atoms with Crippen LogP contribution >= 0.6 is 11.6 Å². The molecule has 1 N–H and O–H groups in total. The van der Waals surface area contributed by atoms with Crippen LogP contribution in [0.4, 0.5) is 5.95 Å². The van der Waals surface area contributed by atoms with Crippen molar-refractivity contribution in [2.75, 3.05) is 37.6 Å². The molecule has 1 aromatic heterocycles. The van der Waals surface area contributed by atoms with E-state index in [1.165, 1.54) is 0 Å². The average Bonchev–Trinajstić information content (AvgIpc) is 3.23. The van der Waals surface area contributed by atoms with Crippen molar-refractivity contribution >= 4 is 23.5 Å². The Morgan fingerprint density at radius 3 is 2.77 bits per heavy atom. The molecule has 2 aliphatic rings. The Hall–Kier alpha value is -2.18. The van der Waals surface area contributed by atoms with Crippen LogP contribution in [0.15, 0.2) is 36.5 Å². The van der Waals surface area contributed by atoms with Gasteiger partial charge >= 0.3 is 0 Å². The number of piperazine rings is 1. The lowest BCUT2D eigenvalue weighted by Crippen LogP contribution is -2.49. The van der Waals surface area contributed by atoms with Crippen molar-refractivity contribution in [3.05, 3.63) is 52.8 Å². The summed E-state index contributed by atoms with van der Waals surface area (Å²) >= 11 is 6.39. The van der Waals surface area contributed by atoms with Gasteiger partial charge in [-0.1, -0.05) is 29.8 Å². The van der Waals surface area contributed by atoms with Gasteiger partial charge in [-0.2, -0.15) is 0 Å². The number of nitrogens with zero attached hydrogens (tertiary/aromatic N) is 4. The van der Waals surface area contributed by atoms with Crippen LogP contribution in [0.5, 0.6) is 0 Å². The number of hydrogen-bond donors (Lipinski definition) is 1. The van der Waals surface area contributed by atoms with E-state index in [2.05, 4.69) is 20.2 Å². The number of anilines is 1. The van der Waals surface area contributed by atoms with E-state index in [4.69, 9.17) is 11.6 Å². The number of benzene rings is 1. The maximum atomic E-state index is 13.2. The normalized spacial score (nSPS) is 20.4. The van der Waals surface area contributed by atoms with Crippen LogP contribution in [0.1, 0.15) is 34.9 Å². The average molecular weight is 372 g/mol. The molecule has 7 heteroatoms. The molecular weight excluding hydrogens is 350 g/mol. The number of hydrogen-bond acceptors (Lipinski definition) is 5. The molecule has 2 fully saturated rings. The summed E-state index contributed by atoms with van der Waals surface area (Å²) in [4.78, 5) is 26.1. The van der Waals surface area contributed by atoms with Crippen molar-refractivity contribution < 1.29 is 4.79 Å². The molecule has 0 aliphatic carbocycles. The van der Waals surface area contributed by atoms with E-state index in [-0.39, 0.29) is 11.9 Å². The van der Waals surface area contributed by atoms with Gasteiger partial charge < -0.3 is 15.1 Å². The molecule has 0 radical (unpaired) electrons. The molecule has 3 heterocycles. The fourth-order valence-corrected chi connectivity index (χ4v) is 3.92. The monoisotopic (exact) mass is 371 g/mol. The summed E-state index contributed by atoms with van der Waals surface area (Å²) in [5, 5.41) is 4.04. The second-order valence-electron chi connectivity index (χ2n) is 6.68. The van der Waals surface area contributed by atoms with E-state index in [1.807, 2.05) is 29.2 Å². The molecular formula is C19H22ClN5O. The third-order valence-electron chi connectivity index (χ3n) is 5.02. The standard InChI is InChI=1S/C19H22ClN5O/c20-15-6-2-1-5-14(15)17-13-21-9-12-25(17)18(26)16-7-8-22-19(23-16)24-10-3-4-11-24/h1-2,5-8,17,21H,3-4,9-13H2. The van der Waals surface area contributed by atoms with Crippen molar-refractivity contribution in [1.82, 2.24) is 20.2 Å². The van der Waals surface area contributed by atoms with Gasteiger partial charge in [-0.15, -0.1) is 0 Å². The van der Waals surface area contributed by atoms with Gasteiger partial charge in [0, 0.05) is 43.9 Å². The van der Waals surface area contributed by atoms with Gasteiger partial charge in [0.05, 0.1) is 6.04 Å². The molecule has 1 aromatic carbocycles. The van der Waals surface area contributed by atoms with Gasteiger partial charge in [0.15, 0.2) is 0 Å². The Kier molecular flexibility index (Phi) is 5.04. The summed E-state index contributed by atoms with van der Waals surface area (Å²) in [6, 6.07) is 9.30. The van der Waals surface area contributed by atoms with Gasteiger partial charge in [-0.05, 0) is 30.5 Å². The van der Waals surface area contributed by atoms with E-state index in [1.54, 1.807) is 12.3 Å². The van der Waals surface area contributed by atoms with Gasteiger partial charge in [0.1, 0.15) is 5.69 Å². The molecule has 0 bridgehead atoms. The predicted molar refractivity (Wildman–Crippen MR) is 102 cm³/mol. The van der Waals surface area contributed by atoms with Crippen LogP contribution in [0, 0.1) is 0 Å². The van der Waals surface area contributed by atoms with Crippen LogP contribution in [0.3, 0.4) is 0 Å². The van der Waals surface area contributed by atoms with Gasteiger partial charge in [-0.25, -0.2) is 9.97 Å². The highest BCUT2D eigenvalue weighted by Gasteiger charge is 2.31. The van der Waals surface area contributed by atoms with Crippen molar-refractivity contribution in [2.45, 2.75) is 18.9 Å². The summed E-state index contributed by atoms with van der Waals surface area (Å²) < 4.78 is 0. The third-order valence-corrected chi connectivity index (χ3v) is 5.36. The Balaban J connectivity index is 1.61. The Bertz CT molecular complexity index is 793. The van der Waals surface area contributed by atoms with Crippen molar-refractivity contribution in [1.29, 1.82) is 0 Å². The number of carbonyl (C=O) groups is 1. The van der Waals surface area contributed by atoms with Crippen LogP contribution in [0.25, 0.3) is 0 Å². The fraction of sp³-hybridized carbons (Fsp3) is 0.421. The summed E-state index contributed by atoms with van der Waals surface area (Å²) in [6.45, 7) is 3.97. The molecule has 1 atom stereocenters. The summed E-state index contributed by atoms with van der Waals surface area (Å²) in [6.07, 6.45) is 3.97. The summed E-state index contributed by atoms with van der Waals surface area (Å²) in [7, 11) is 0. The second-order valence-corrected chi connectivity index (χ2v) is 7.08. The Morgan fingerprint density at radius 1 is 1.15 bits per heavy atom. The van der Waals surface area contributed by atoms with Gasteiger partial charge in [0.25, 0.3) is 5.91 Å².